The first-order valence-electron chi connectivity index (χ1n) is 40.3. The van der Waals surface area contributed by atoms with Gasteiger partial charge in [-0.3, -0.25) is 4.79 Å². The van der Waals surface area contributed by atoms with Crippen LogP contribution < -0.4 is 0 Å². The number of ketones is 1. The molecular formula is C76H125ClO39. The Bertz CT molecular complexity index is 2730. The van der Waals surface area contributed by atoms with Crippen molar-refractivity contribution in [3.63, 3.8) is 0 Å². The van der Waals surface area contributed by atoms with Crippen molar-refractivity contribution in [1.29, 1.82) is 0 Å². The number of Topliss-reactive ketones (excluding diaryl/α,β-unsaturated/α-hetero) is 1. The molecule has 40 heteroatoms. The number of hydrogen-bond acceptors (Lipinski definition) is 39. The summed E-state index contributed by atoms with van der Waals surface area (Å²) in [5.74, 6) is -1.49. The minimum atomic E-state index is -0.991. The number of aliphatic hydroxyl groups is 6. The van der Waals surface area contributed by atoms with Crippen LogP contribution in [-0.2, 0) is 157 Å². The molecule has 16 fully saturated rings. The number of aliphatic hydroxyl groups excluding tert-OH is 6. The maximum atomic E-state index is 11.6. The van der Waals surface area contributed by atoms with Crippen molar-refractivity contribution in [1.82, 2.24) is 0 Å². The highest BCUT2D eigenvalue weighted by Gasteiger charge is 2.52. The monoisotopic (exact) mass is 1700 g/mol. The molecular weight excluding hydrogens is 1570 g/mol. The Hall–Kier alpha value is -3.81. The van der Waals surface area contributed by atoms with Crippen LogP contribution in [-0.4, -0.2) is 420 Å². The predicted molar refractivity (Wildman–Crippen MR) is 393 cm³/mol. The van der Waals surface area contributed by atoms with Crippen molar-refractivity contribution in [3.8, 4) is 0 Å². The molecule has 30 atom stereocenters. The second-order valence-electron chi connectivity index (χ2n) is 30.0. The number of rotatable bonds is 27. The SMILES string of the molecule is C1OC1COC1COC2C(OCC3CO3)COC12.CC(=O)C(C)O.CC1OC(COCC2CCC(COCC3COC(=O)C(C)O3)O2)COC1=O.CC1OCC(COC2COC3C(OCC4COC(=O)C(C)O4)COC23)OC1=O.CCC1CO1.CCOC(=O)C(C)O.ClCC1CO1.OC1COC2C(O)COC12.OCC1CCC(CO)O1. The molecule has 0 saturated carbocycles. The lowest BCUT2D eigenvalue weighted by Crippen LogP contribution is -2.43. The molecule has 16 heterocycles. The first-order valence-corrected chi connectivity index (χ1v) is 40.8. The van der Waals surface area contributed by atoms with Gasteiger partial charge in [0, 0.05) is 0 Å². The third-order valence-electron chi connectivity index (χ3n) is 19.9. The van der Waals surface area contributed by atoms with E-state index < -0.39 is 60.9 Å². The fraction of sp³-hybridized carbons (Fsp3) is 0.921. The van der Waals surface area contributed by atoms with Gasteiger partial charge in [-0.05, 0) is 87.5 Å². The predicted octanol–water partition coefficient (Wildman–Crippen LogP) is -1.87. The third-order valence-corrected chi connectivity index (χ3v) is 20.3. The van der Waals surface area contributed by atoms with Crippen LogP contribution in [0.25, 0.3) is 0 Å². The number of esters is 5. The highest BCUT2D eigenvalue weighted by Crippen LogP contribution is 2.34. The van der Waals surface area contributed by atoms with Gasteiger partial charge in [-0.25, -0.2) is 24.0 Å². The minimum Gasteiger partial charge on any atom is -0.464 e. The zero-order valence-electron chi connectivity index (χ0n) is 67.8. The van der Waals surface area contributed by atoms with Gasteiger partial charge in [-0.2, -0.15) is 0 Å². The summed E-state index contributed by atoms with van der Waals surface area (Å²) in [7, 11) is 0. The van der Waals surface area contributed by atoms with Crippen LogP contribution in [0.4, 0.5) is 0 Å². The number of cyclic esters (lactones) is 4. The van der Waals surface area contributed by atoms with Crippen LogP contribution in [0.15, 0.2) is 0 Å². The van der Waals surface area contributed by atoms with Gasteiger partial charge in [0.1, 0.15) is 142 Å². The van der Waals surface area contributed by atoms with E-state index in [0.717, 1.165) is 52.1 Å². The molecule has 30 unspecified atom stereocenters. The van der Waals surface area contributed by atoms with E-state index in [-0.39, 0.29) is 205 Å². The molecule has 0 aromatic rings. The van der Waals surface area contributed by atoms with E-state index >= 15 is 0 Å². The maximum absolute atomic E-state index is 11.6. The lowest BCUT2D eigenvalue weighted by atomic mass is 10.1. The van der Waals surface area contributed by atoms with Crippen molar-refractivity contribution in [2.24, 2.45) is 0 Å². The van der Waals surface area contributed by atoms with Gasteiger partial charge in [-0.1, -0.05) is 6.92 Å². The number of hydrogen-bond donors (Lipinski definition) is 6. The summed E-state index contributed by atoms with van der Waals surface area (Å²) in [5.41, 5.74) is 0. The van der Waals surface area contributed by atoms with Gasteiger partial charge in [0.15, 0.2) is 30.2 Å². The van der Waals surface area contributed by atoms with Crippen LogP contribution in [0.1, 0.15) is 94.4 Å². The number of carbonyl (C=O) groups is 6. The summed E-state index contributed by atoms with van der Waals surface area (Å²) in [4.78, 5) is 65.5. The van der Waals surface area contributed by atoms with E-state index in [1.807, 2.05) is 0 Å². The number of fused-ring (bicyclic) bond motifs is 3. The molecule has 116 heavy (non-hydrogen) atoms. The largest absolute Gasteiger partial charge is 0.464 e. The summed E-state index contributed by atoms with van der Waals surface area (Å²) in [5, 5.41) is 52.2. The molecule has 16 aliphatic heterocycles. The topological polar surface area (TPSA) is 486 Å². The Kier molecular flexibility index (Phi) is 43.2. The Morgan fingerprint density at radius 1 is 0.388 bits per heavy atom. The van der Waals surface area contributed by atoms with Gasteiger partial charge >= 0.3 is 29.8 Å². The number of alkyl halides is 1. The number of epoxide rings is 4. The summed E-state index contributed by atoms with van der Waals surface area (Å²) >= 11 is 5.27. The molecule has 39 nitrogen and oxygen atoms in total. The number of carbonyl (C=O) groups excluding carboxylic acids is 6. The van der Waals surface area contributed by atoms with Gasteiger partial charge in [0.2, 0.25) is 0 Å². The molecule has 0 radical (unpaired) electrons. The maximum Gasteiger partial charge on any atom is 0.335 e. The van der Waals surface area contributed by atoms with E-state index in [1.54, 1.807) is 34.6 Å². The van der Waals surface area contributed by atoms with E-state index in [9.17, 15) is 28.8 Å². The highest BCUT2D eigenvalue weighted by atomic mass is 35.5. The zero-order valence-corrected chi connectivity index (χ0v) is 68.5. The van der Waals surface area contributed by atoms with Gasteiger partial charge < -0.3 is 159 Å². The second kappa shape index (κ2) is 51.3. The molecule has 0 aromatic carbocycles. The molecule has 0 aliphatic carbocycles. The quantitative estimate of drug-likeness (QED) is 0.0227. The Balaban J connectivity index is 0.000000175. The van der Waals surface area contributed by atoms with E-state index in [2.05, 4.69) is 11.7 Å². The summed E-state index contributed by atoms with van der Waals surface area (Å²) in [6.07, 6.45) is -1.47. The first-order chi connectivity index (χ1) is 55.8. The fourth-order valence-corrected chi connectivity index (χ4v) is 12.8. The van der Waals surface area contributed by atoms with Gasteiger partial charge in [0.05, 0.1) is 188 Å². The van der Waals surface area contributed by atoms with Crippen LogP contribution in [0.2, 0.25) is 0 Å². The molecule has 0 spiro atoms. The lowest BCUT2D eigenvalue weighted by Gasteiger charge is -2.28. The normalized spacial score (nSPS) is 38.7. The molecule has 16 rings (SSSR count). The number of ether oxygens (including phenoxy) is 27. The molecule has 0 amide bonds. The Labute approximate surface area is 680 Å². The third kappa shape index (κ3) is 34.5. The van der Waals surface area contributed by atoms with E-state index in [1.165, 1.54) is 27.2 Å². The first kappa shape index (κ1) is 97.6. The second-order valence-corrected chi connectivity index (χ2v) is 30.3. The van der Waals surface area contributed by atoms with Crippen LogP contribution in [0.3, 0.4) is 0 Å². The fourth-order valence-electron chi connectivity index (χ4n) is 12.6. The van der Waals surface area contributed by atoms with E-state index in [0.29, 0.717) is 97.4 Å². The minimum absolute atomic E-state index is 0.00821. The van der Waals surface area contributed by atoms with Gasteiger partial charge in [-0.15, -0.1) is 11.6 Å². The van der Waals surface area contributed by atoms with Crippen LogP contribution in [0, 0.1) is 0 Å². The summed E-state index contributed by atoms with van der Waals surface area (Å²) in [6, 6.07) is 0. The Morgan fingerprint density at radius 3 is 1.00 bits per heavy atom. The van der Waals surface area contributed by atoms with Crippen molar-refractivity contribution < 1.29 is 187 Å². The molecule has 0 aromatic heterocycles. The summed E-state index contributed by atoms with van der Waals surface area (Å²) < 4.78 is 146. The molecule has 16 saturated heterocycles. The summed E-state index contributed by atoms with van der Waals surface area (Å²) in [6.45, 7) is 25.6. The molecule has 670 valence electrons. The Morgan fingerprint density at radius 2 is 0.716 bits per heavy atom. The average molecular weight is 1700 g/mol. The standard InChI is InChI=1S/C18H26O10.C18H28O9.C12H18O6.C6H10O4.C6H12O3.C5H10O3.C4H8O2.C4H8O.C3H5ClO/c1-9-18(20)28-12(3-21-9)5-23-14-8-25-15-13(7-24-16(14)15)22-4-11-6-26-17(19)10(2)27-11;1-11-17(19)23-9-15(25-11)7-21-5-13-3-4-14(27-13)6-22-8-16-10-24-18(20)12(2)26-16;1-7(13-1)3-15-9-5-17-12-10(6-18-11(9)12)16-4-8-2-14-8;7-3-1-9-6-4(8)2-10-5(3)6;7-3-5-1-2-6(4-8)9-5;1-3-8-5(7)4(2)6;1-3(5)4(2)6;1-2-4-3-5-4;4-1-3-2-5-3/h9-16H,3-8H2,1-2H3;11-16H,3-10H2,1-2H3;7-12H,1-6H2;3-8H,1-2H2;5-8H,1-4H2;4,6H,3H2,1-2H3;3,5H,1-2H3;4H,2-3H2,1H3;3H,1-2H2. The van der Waals surface area contributed by atoms with Gasteiger partial charge in [0.25, 0.3) is 0 Å². The number of halogens is 1. The molecule has 0 bridgehead atoms. The van der Waals surface area contributed by atoms with Crippen molar-refractivity contribution in [2.45, 2.75) is 278 Å². The van der Waals surface area contributed by atoms with Crippen LogP contribution in [0.5, 0.6) is 0 Å². The van der Waals surface area contributed by atoms with Crippen molar-refractivity contribution in [3.05, 3.63) is 0 Å². The van der Waals surface area contributed by atoms with Crippen molar-refractivity contribution >= 4 is 47.2 Å². The smallest absolute Gasteiger partial charge is 0.335 e. The van der Waals surface area contributed by atoms with E-state index in [4.69, 9.17) is 165 Å². The molecule has 6 N–H and O–H groups in total. The average Bonchev–Trinajstić information content (AvgIpc) is 1.66. The highest BCUT2D eigenvalue weighted by molar-refractivity contribution is 6.18. The molecule has 16 aliphatic rings. The van der Waals surface area contributed by atoms with Crippen molar-refractivity contribution in [2.75, 3.05) is 171 Å². The zero-order chi connectivity index (χ0) is 83.8. The van der Waals surface area contributed by atoms with Crippen LogP contribution >= 0.6 is 11.6 Å². The lowest BCUT2D eigenvalue weighted by molar-refractivity contribution is -0.191.